The number of carbonyl (C=O) groups is 1. The van der Waals surface area contributed by atoms with E-state index in [0.29, 0.717) is 29.7 Å². The second-order valence-electron chi connectivity index (χ2n) is 9.46. The van der Waals surface area contributed by atoms with E-state index >= 15 is 0 Å². The maximum absolute atomic E-state index is 12.5. The molecule has 0 bridgehead atoms. The van der Waals surface area contributed by atoms with Gasteiger partial charge in [0.15, 0.2) is 0 Å². The summed E-state index contributed by atoms with van der Waals surface area (Å²) in [5, 5.41) is 11.8. The van der Waals surface area contributed by atoms with E-state index in [4.69, 9.17) is 9.47 Å². The van der Waals surface area contributed by atoms with Gasteiger partial charge in [0.05, 0.1) is 17.8 Å². The number of ether oxygens (including phenoxy) is 2. The minimum Gasteiger partial charge on any atom is -0.493 e. The molecule has 2 heterocycles. The van der Waals surface area contributed by atoms with Crippen LogP contribution in [0.1, 0.15) is 63.5 Å². The molecule has 1 aliphatic carbocycles. The normalized spacial score (nSPS) is 17.8. The molecule has 1 aliphatic heterocycles. The number of amides is 1. The maximum atomic E-state index is 12.5. The lowest BCUT2D eigenvalue weighted by Crippen LogP contribution is -2.39. The van der Waals surface area contributed by atoms with Crippen LogP contribution >= 0.6 is 0 Å². The van der Waals surface area contributed by atoms with E-state index < -0.39 is 6.09 Å². The highest BCUT2D eigenvalue weighted by Gasteiger charge is 2.29. The number of hydrogen-bond acceptors (Lipinski definition) is 5. The summed E-state index contributed by atoms with van der Waals surface area (Å²) in [5.41, 5.74) is 2.80. The molecule has 180 valence electrons. The number of aromatic amines is 1. The molecule has 0 radical (unpaired) electrons. The third kappa shape index (κ3) is 5.20. The van der Waals surface area contributed by atoms with Crippen molar-refractivity contribution in [1.82, 2.24) is 15.1 Å². The van der Waals surface area contributed by atoms with E-state index in [1.165, 1.54) is 25.7 Å². The Morgan fingerprint density at radius 1 is 1.09 bits per heavy atom. The molecule has 1 amide bonds. The van der Waals surface area contributed by atoms with Crippen LogP contribution < -0.4 is 14.8 Å². The van der Waals surface area contributed by atoms with Crippen molar-refractivity contribution >= 4 is 22.7 Å². The summed E-state index contributed by atoms with van der Waals surface area (Å²) in [6, 6.07) is 13.8. The molecule has 7 heteroatoms. The summed E-state index contributed by atoms with van der Waals surface area (Å²) in [4.78, 5) is 15.2. The molecule has 2 aromatic carbocycles. The number of anilines is 1. The molecular formula is C27H34N4O3. The van der Waals surface area contributed by atoms with Gasteiger partial charge < -0.3 is 14.4 Å². The predicted octanol–water partition coefficient (Wildman–Crippen LogP) is 6.08. The topological polar surface area (TPSA) is 79.5 Å². The van der Waals surface area contributed by atoms with E-state index in [0.717, 1.165) is 55.0 Å². The number of rotatable bonds is 7. The van der Waals surface area contributed by atoms with Gasteiger partial charge in [-0.1, -0.05) is 25.8 Å². The van der Waals surface area contributed by atoms with Crippen molar-refractivity contribution in [3.63, 3.8) is 0 Å². The highest BCUT2D eigenvalue weighted by molar-refractivity contribution is 5.91. The zero-order chi connectivity index (χ0) is 23.3. The van der Waals surface area contributed by atoms with Crippen molar-refractivity contribution in [2.75, 3.05) is 25.0 Å². The maximum Gasteiger partial charge on any atom is 0.417 e. The lowest BCUT2D eigenvalue weighted by Gasteiger charge is -2.35. The Morgan fingerprint density at radius 3 is 2.68 bits per heavy atom. The number of H-pyrrole nitrogens is 1. The Bertz CT molecular complexity index is 1110. The monoisotopic (exact) mass is 462 g/mol. The summed E-state index contributed by atoms with van der Waals surface area (Å²) >= 11 is 0. The summed E-state index contributed by atoms with van der Waals surface area (Å²) < 4.78 is 11.1. The highest BCUT2D eigenvalue weighted by atomic mass is 16.6. The van der Waals surface area contributed by atoms with Crippen LogP contribution in [0.3, 0.4) is 0 Å². The SMILES string of the molecule is CCCOc1cccc(OC(=O)Nc2ccc3[nH]nc(C4CCN(C5CCCC5)CC4)c3c2)c1. The van der Waals surface area contributed by atoms with Crippen molar-refractivity contribution in [1.29, 1.82) is 0 Å². The zero-order valence-electron chi connectivity index (χ0n) is 19.9. The molecule has 2 fully saturated rings. The van der Waals surface area contributed by atoms with Gasteiger partial charge in [-0.05, 0) is 75.5 Å². The Morgan fingerprint density at radius 2 is 1.88 bits per heavy atom. The average Bonchev–Trinajstić information content (AvgIpc) is 3.53. The van der Waals surface area contributed by atoms with Crippen LogP contribution in [0.25, 0.3) is 10.9 Å². The standard InChI is InChI=1S/C27H34N4O3/c1-2-16-33-22-8-5-9-23(18-22)34-27(32)28-20-10-11-25-24(17-20)26(30-29-25)19-12-14-31(15-13-19)21-6-3-4-7-21/h5,8-11,17-19,21H,2-4,6-7,12-16H2,1H3,(H,28,32)(H,29,30). The molecule has 5 rings (SSSR count). The number of hydrogen-bond donors (Lipinski definition) is 2. The highest BCUT2D eigenvalue weighted by Crippen LogP contribution is 2.35. The van der Waals surface area contributed by atoms with Gasteiger partial charge in [-0.15, -0.1) is 0 Å². The zero-order valence-corrected chi connectivity index (χ0v) is 19.9. The van der Waals surface area contributed by atoms with Crippen LogP contribution in [-0.4, -0.2) is 46.9 Å². The van der Waals surface area contributed by atoms with Crippen molar-refractivity contribution in [3.05, 3.63) is 48.2 Å². The molecule has 0 spiro atoms. The molecule has 0 unspecified atom stereocenters. The summed E-state index contributed by atoms with van der Waals surface area (Å²) in [5.74, 6) is 1.58. The minimum absolute atomic E-state index is 0.444. The average molecular weight is 463 g/mol. The third-order valence-electron chi connectivity index (χ3n) is 7.08. The molecule has 2 N–H and O–H groups in total. The summed E-state index contributed by atoms with van der Waals surface area (Å²) in [6.45, 7) is 4.97. The Labute approximate surface area is 200 Å². The van der Waals surface area contributed by atoms with Crippen molar-refractivity contribution in [2.24, 2.45) is 0 Å². The van der Waals surface area contributed by atoms with Gasteiger partial charge in [0.1, 0.15) is 11.5 Å². The second-order valence-corrected chi connectivity index (χ2v) is 9.46. The molecule has 1 aromatic heterocycles. The van der Waals surface area contributed by atoms with Gasteiger partial charge in [0.2, 0.25) is 0 Å². The number of fused-ring (bicyclic) bond motifs is 1. The van der Waals surface area contributed by atoms with E-state index in [9.17, 15) is 4.79 Å². The van der Waals surface area contributed by atoms with Gasteiger partial charge in [-0.3, -0.25) is 10.4 Å². The first kappa shape index (κ1) is 22.7. The lowest BCUT2D eigenvalue weighted by atomic mass is 9.90. The molecular weight excluding hydrogens is 428 g/mol. The first-order valence-electron chi connectivity index (χ1n) is 12.6. The third-order valence-corrected chi connectivity index (χ3v) is 7.08. The Hall–Kier alpha value is -3.06. The van der Waals surface area contributed by atoms with E-state index in [2.05, 4.69) is 27.3 Å². The number of piperidine rings is 1. The molecule has 34 heavy (non-hydrogen) atoms. The van der Waals surface area contributed by atoms with Crippen molar-refractivity contribution < 1.29 is 14.3 Å². The quantitative estimate of drug-likeness (QED) is 0.444. The van der Waals surface area contributed by atoms with E-state index in [1.54, 1.807) is 12.1 Å². The van der Waals surface area contributed by atoms with Crippen LogP contribution in [0.4, 0.5) is 10.5 Å². The van der Waals surface area contributed by atoms with Gasteiger partial charge in [0, 0.05) is 29.1 Å². The number of benzene rings is 2. The van der Waals surface area contributed by atoms with Gasteiger partial charge in [0.25, 0.3) is 0 Å². The number of aromatic nitrogens is 2. The molecule has 3 aromatic rings. The molecule has 2 aliphatic rings. The van der Waals surface area contributed by atoms with Crippen molar-refractivity contribution in [2.45, 2.75) is 63.8 Å². The van der Waals surface area contributed by atoms with E-state index in [-0.39, 0.29) is 0 Å². The predicted molar refractivity (Wildman–Crippen MR) is 134 cm³/mol. The number of nitrogens with zero attached hydrogens (tertiary/aromatic N) is 2. The molecule has 1 saturated carbocycles. The summed E-state index contributed by atoms with van der Waals surface area (Å²) in [6.07, 6.45) is 8.13. The molecule has 7 nitrogen and oxygen atoms in total. The largest absolute Gasteiger partial charge is 0.493 e. The number of likely N-dealkylation sites (tertiary alicyclic amines) is 1. The minimum atomic E-state index is -0.526. The van der Waals surface area contributed by atoms with Crippen molar-refractivity contribution in [3.8, 4) is 11.5 Å². The fourth-order valence-electron chi connectivity index (χ4n) is 5.33. The molecule has 1 saturated heterocycles. The van der Waals surface area contributed by atoms with Crippen LogP contribution in [0.2, 0.25) is 0 Å². The van der Waals surface area contributed by atoms with Crippen LogP contribution in [0, 0.1) is 0 Å². The Kier molecular flexibility index (Phi) is 7.00. The first-order chi connectivity index (χ1) is 16.7. The van der Waals surface area contributed by atoms with E-state index in [1.807, 2.05) is 30.3 Å². The van der Waals surface area contributed by atoms with Crippen LogP contribution in [-0.2, 0) is 0 Å². The molecule has 0 atom stereocenters. The first-order valence-corrected chi connectivity index (χ1v) is 12.6. The van der Waals surface area contributed by atoms with Gasteiger partial charge in [-0.2, -0.15) is 5.10 Å². The fraction of sp³-hybridized carbons (Fsp3) is 0.481. The van der Waals surface area contributed by atoms with Gasteiger partial charge >= 0.3 is 6.09 Å². The lowest BCUT2D eigenvalue weighted by molar-refractivity contribution is 0.153. The Balaban J connectivity index is 1.23. The number of carbonyl (C=O) groups excluding carboxylic acids is 1. The van der Waals surface area contributed by atoms with Crippen LogP contribution in [0.5, 0.6) is 11.5 Å². The van der Waals surface area contributed by atoms with Gasteiger partial charge in [-0.25, -0.2) is 4.79 Å². The second kappa shape index (κ2) is 10.5. The summed E-state index contributed by atoms with van der Waals surface area (Å²) in [7, 11) is 0. The fourth-order valence-corrected chi connectivity index (χ4v) is 5.33. The number of nitrogens with one attached hydrogen (secondary N) is 2. The smallest absolute Gasteiger partial charge is 0.417 e. The van der Waals surface area contributed by atoms with Crippen LogP contribution in [0.15, 0.2) is 42.5 Å².